The summed E-state index contributed by atoms with van der Waals surface area (Å²) in [6.45, 7) is 0.655. The molecule has 0 fully saturated rings. The van der Waals surface area contributed by atoms with E-state index in [0.29, 0.717) is 12.1 Å². The second-order valence-electron chi connectivity index (χ2n) is 2.80. The van der Waals surface area contributed by atoms with E-state index in [1.165, 1.54) is 22.9 Å². The van der Waals surface area contributed by atoms with E-state index in [9.17, 15) is 4.79 Å². The summed E-state index contributed by atoms with van der Waals surface area (Å²) in [5.41, 5.74) is 5.70. The average Bonchev–Trinajstić information content (AvgIpc) is 2.86. The number of rotatable bonds is 4. The summed E-state index contributed by atoms with van der Waals surface area (Å²) < 4.78 is 3.73. The van der Waals surface area contributed by atoms with Gasteiger partial charge in [0, 0.05) is 21.8 Å². The van der Waals surface area contributed by atoms with Gasteiger partial charge in [-0.1, -0.05) is 4.49 Å². The first kappa shape index (κ1) is 10.1. The van der Waals surface area contributed by atoms with Crippen molar-refractivity contribution in [3.63, 3.8) is 0 Å². The van der Waals surface area contributed by atoms with E-state index in [1.54, 1.807) is 17.6 Å². The van der Waals surface area contributed by atoms with E-state index < -0.39 is 5.91 Å². The first-order valence-corrected chi connectivity index (χ1v) is 5.79. The highest BCUT2D eigenvalue weighted by molar-refractivity contribution is 7.10. The van der Waals surface area contributed by atoms with Crippen LogP contribution in [0, 0.1) is 0 Å². The fraction of sp³-hybridized carbons (Fsp3) is 0.125. The molecule has 0 saturated carbocycles. The highest BCUT2D eigenvalue weighted by atomic mass is 32.1. The first-order chi connectivity index (χ1) is 7.25. The summed E-state index contributed by atoms with van der Waals surface area (Å²) in [7, 11) is 0. The molecular weight excluding hydrogens is 232 g/mol. The van der Waals surface area contributed by atoms with Gasteiger partial charge < -0.3 is 11.1 Å². The lowest BCUT2D eigenvalue weighted by Gasteiger charge is -1.97. The number of hydrogen-bond acceptors (Lipinski definition) is 6. The molecule has 3 N–H and O–H groups in total. The van der Waals surface area contributed by atoms with Crippen molar-refractivity contribution in [1.29, 1.82) is 0 Å². The van der Waals surface area contributed by atoms with Crippen molar-refractivity contribution in [3.8, 4) is 0 Å². The van der Waals surface area contributed by atoms with Crippen LogP contribution >= 0.6 is 22.9 Å². The minimum absolute atomic E-state index is 0.392. The average molecular weight is 240 g/mol. The molecule has 0 spiro atoms. The number of primary amides is 1. The quantitative estimate of drug-likeness (QED) is 0.844. The highest BCUT2D eigenvalue weighted by Crippen LogP contribution is 2.17. The van der Waals surface area contributed by atoms with Gasteiger partial charge in [0.25, 0.3) is 0 Å². The minimum atomic E-state index is -0.392. The summed E-state index contributed by atoms with van der Waals surface area (Å²) in [4.78, 5) is 11.9. The van der Waals surface area contributed by atoms with Crippen molar-refractivity contribution < 1.29 is 4.79 Å². The summed E-state index contributed by atoms with van der Waals surface area (Å²) in [6.07, 6.45) is 1.66. The molecule has 0 aliphatic heterocycles. The Morgan fingerprint density at radius 1 is 1.60 bits per heavy atom. The lowest BCUT2D eigenvalue weighted by molar-refractivity contribution is 0.100. The zero-order valence-corrected chi connectivity index (χ0v) is 9.27. The maximum Gasteiger partial charge on any atom is 0.249 e. The molecular formula is C8H8N4OS2. The zero-order valence-electron chi connectivity index (χ0n) is 7.64. The number of nitrogens with one attached hydrogen (secondary N) is 1. The van der Waals surface area contributed by atoms with Crippen LogP contribution in [0.25, 0.3) is 0 Å². The smallest absolute Gasteiger partial charge is 0.249 e. The van der Waals surface area contributed by atoms with Gasteiger partial charge in [0.2, 0.25) is 5.91 Å². The predicted molar refractivity (Wildman–Crippen MR) is 60.1 cm³/mol. The third-order valence-corrected chi connectivity index (χ3v) is 3.30. The monoisotopic (exact) mass is 240 g/mol. The Morgan fingerprint density at radius 3 is 3.07 bits per heavy atom. The standard InChI is InChI=1S/C8H8N4OS2/c9-8(13)5-1-6(14-4-5)2-10-7-3-11-12-15-7/h1,3-4,10H,2H2,(H2,9,13). The molecule has 0 aliphatic rings. The SMILES string of the molecule is NC(=O)c1csc(CNc2cnns2)c1. The molecule has 2 aromatic heterocycles. The second kappa shape index (κ2) is 4.37. The van der Waals surface area contributed by atoms with Crippen LogP contribution in [-0.2, 0) is 6.54 Å². The van der Waals surface area contributed by atoms with Gasteiger partial charge in [-0.15, -0.1) is 16.4 Å². The molecule has 2 heterocycles. The van der Waals surface area contributed by atoms with Crippen molar-refractivity contribution in [2.45, 2.75) is 6.54 Å². The van der Waals surface area contributed by atoms with E-state index in [0.717, 1.165) is 9.88 Å². The van der Waals surface area contributed by atoms with Crippen LogP contribution in [0.3, 0.4) is 0 Å². The zero-order chi connectivity index (χ0) is 10.7. The molecule has 15 heavy (non-hydrogen) atoms. The van der Waals surface area contributed by atoms with Crippen LogP contribution in [0.1, 0.15) is 15.2 Å². The molecule has 0 saturated heterocycles. The van der Waals surface area contributed by atoms with Crippen molar-refractivity contribution in [3.05, 3.63) is 28.1 Å². The fourth-order valence-electron chi connectivity index (χ4n) is 1.02. The number of amides is 1. The van der Waals surface area contributed by atoms with E-state index in [4.69, 9.17) is 5.73 Å². The number of carbonyl (C=O) groups is 1. The minimum Gasteiger partial charge on any atom is -0.369 e. The van der Waals surface area contributed by atoms with Crippen LogP contribution in [0.2, 0.25) is 0 Å². The fourth-order valence-corrected chi connectivity index (χ4v) is 2.25. The van der Waals surface area contributed by atoms with Gasteiger partial charge in [-0.3, -0.25) is 4.79 Å². The molecule has 2 aromatic rings. The molecule has 2 rings (SSSR count). The van der Waals surface area contributed by atoms with Crippen LogP contribution in [0.5, 0.6) is 0 Å². The van der Waals surface area contributed by atoms with Crippen LogP contribution in [-0.4, -0.2) is 15.5 Å². The second-order valence-corrected chi connectivity index (χ2v) is 4.58. The molecule has 7 heteroatoms. The Bertz CT molecular complexity index is 451. The summed E-state index contributed by atoms with van der Waals surface area (Å²) in [5.74, 6) is -0.392. The van der Waals surface area contributed by atoms with E-state index in [2.05, 4.69) is 14.9 Å². The number of carbonyl (C=O) groups excluding carboxylic acids is 1. The maximum atomic E-state index is 10.8. The molecule has 0 radical (unpaired) electrons. The largest absolute Gasteiger partial charge is 0.369 e. The Labute approximate surface area is 94.1 Å². The van der Waals surface area contributed by atoms with Gasteiger partial charge >= 0.3 is 0 Å². The van der Waals surface area contributed by atoms with Gasteiger partial charge in [0.15, 0.2) is 0 Å². The highest BCUT2D eigenvalue weighted by Gasteiger charge is 2.04. The Hall–Kier alpha value is -1.47. The van der Waals surface area contributed by atoms with Gasteiger partial charge in [0.1, 0.15) is 5.00 Å². The molecule has 78 valence electrons. The Balaban J connectivity index is 1.96. The number of anilines is 1. The number of aromatic nitrogens is 2. The molecule has 5 nitrogen and oxygen atoms in total. The van der Waals surface area contributed by atoms with Crippen LogP contribution in [0.4, 0.5) is 5.00 Å². The Kier molecular flexibility index (Phi) is 2.93. The first-order valence-electron chi connectivity index (χ1n) is 4.14. The van der Waals surface area contributed by atoms with Crippen molar-refractivity contribution >= 4 is 33.8 Å². The maximum absolute atomic E-state index is 10.8. The number of thiophene rings is 1. The molecule has 0 unspecified atom stereocenters. The lowest BCUT2D eigenvalue weighted by atomic mass is 10.3. The third kappa shape index (κ3) is 2.51. The summed E-state index contributed by atoms with van der Waals surface area (Å²) >= 11 is 2.80. The van der Waals surface area contributed by atoms with E-state index in [-0.39, 0.29) is 0 Å². The van der Waals surface area contributed by atoms with Crippen LogP contribution < -0.4 is 11.1 Å². The topological polar surface area (TPSA) is 80.9 Å². The molecule has 0 aromatic carbocycles. The number of hydrogen-bond donors (Lipinski definition) is 2. The third-order valence-electron chi connectivity index (χ3n) is 1.74. The van der Waals surface area contributed by atoms with Crippen LogP contribution in [0.15, 0.2) is 17.6 Å². The summed E-state index contributed by atoms with van der Waals surface area (Å²) in [6, 6.07) is 1.79. The molecule has 0 atom stereocenters. The molecule has 0 aliphatic carbocycles. The van der Waals surface area contributed by atoms with Crippen molar-refractivity contribution in [2.75, 3.05) is 5.32 Å². The van der Waals surface area contributed by atoms with Gasteiger partial charge in [-0.2, -0.15) is 0 Å². The van der Waals surface area contributed by atoms with Gasteiger partial charge in [0.05, 0.1) is 18.3 Å². The van der Waals surface area contributed by atoms with E-state index >= 15 is 0 Å². The number of nitrogens with two attached hydrogens (primary N) is 1. The predicted octanol–water partition coefficient (Wildman–Crippen LogP) is 1.31. The van der Waals surface area contributed by atoms with Crippen molar-refractivity contribution in [2.24, 2.45) is 5.73 Å². The summed E-state index contributed by atoms with van der Waals surface area (Å²) in [5, 5.41) is 9.51. The Morgan fingerprint density at radius 2 is 2.47 bits per heavy atom. The molecule has 1 amide bonds. The number of nitrogens with zero attached hydrogens (tertiary/aromatic N) is 2. The molecule has 0 bridgehead atoms. The van der Waals surface area contributed by atoms with Crippen molar-refractivity contribution in [1.82, 2.24) is 9.59 Å². The lowest BCUT2D eigenvalue weighted by Crippen LogP contribution is -2.09. The van der Waals surface area contributed by atoms with E-state index in [1.807, 2.05) is 0 Å². The normalized spacial score (nSPS) is 10.1. The van der Waals surface area contributed by atoms with Gasteiger partial charge in [-0.05, 0) is 6.07 Å². The van der Waals surface area contributed by atoms with Gasteiger partial charge in [-0.25, -0.2) is 0 Å².